The third-order valence-corrected chi connectivity index (χ3v) is 1.64. The quantitative estimate of drug-likeness (QED) is 0.739. The van der Waals surface area contributed by atoms with E-state index >= 15 is 0 Å². The molecule has 0 aromatic carbocycles. The van der Waals surface area contributed by atoms with Crippen LogP contribution in [0.25, 0.3) is 11.3 Å². The summed E-state index contributed by atoms with van der Waals surface area (Å²) in [4.78, 5) is 3.93. The average molecular weight is 343 g/mol. The van der Waals surface area contributed by atoms with Crippen LogP contribution in [0.3, 0.4) is 0 Å². The summed E-state index contributed by atoms with van der Waals surface area (Å²) in [7, 11) is 0. The zero-order valence-electron chi connectivity index (χ0n) is 5.28. The van der Waals surface area contributed by atoms with Gasteiger partial charge in [-0.1, -0.05) is 11.6 Å². The predicted octanol–water partition coefficient (Wildman–Crippen LogP) is 1.60. The van der Waals surface area contributed by atoms with E-state index in [4.69, 9.17) is 4.42 Å². The van der Waals surface area contributed by atoms with E-state index < -0.39 is 0 Å². The molecule has 2 aromatic heterocycles. The van der Waals surface area contributed by atoms with Crippen molar-refractivity contribution < 1.29 is 24.5 Å². The second-order valence-corrected chi connectivity index (χ2v) is 2.34. The Labute approximate surface area is 81.0 Å². The standard InChI is InChI=1S/C6H3N2OS.Ir/c1-5(3-10-8-1)6-2-9-4-7-6;/h2-4H;/q-1;. The van der Waals surface area contributed by atoms with E-state index in [1.54, 1.807) is 6.26 Å². The minimum atomic E-state index is 0. The van der Waals surface area contributed by atoms with Gasteiger partial charge in [-0.3, -0.25) is 9.36 Å². The summed E-state index contributed by atoms with van der Waals surface area (Å²) in [5, 5.41) is 1.87. The van der Waals surface area contributed by atoms with Gasteiger partial charge in [-0.05, 0) is 0 Å². The molecule has 0 fully saturated rings. The minimum Gasteiger partial charge on any atom is -0.465 e. The molecule has 1 radical (unpaired) electrons. The molecule has 5 heteroatoms. The fourth-order valence-electron chi connectivity index (χ4n) is 0.644. The van der Waals surface area contributed by atoms with Gasteiger partial charge in [0.2, 0.25) is 0 Å². The maximum atomic E-state index is 4.78. The first-order valence-electron chi connectivity index (χ1n) is 2.67. The Kier molecular flexibility index (Phi) is 2.93. The van der Waals surface area contributed by atoms with Gasteiger partial charge in [0.15, 0.2) is 6.39 Å². The summed E-state index contributed by atoms with van der Waals surface area (Å²) in [5.74, 6) is 0. The fraction of sp³-hybridized carbons (Fsp3) is 0. The molecule has 11 heavy (non-hydrogen) atoms. The smallest absolute Gasteiger partial charge is 0.167 e. The van der Waals surface area contributed by atoms with Gasteiger partial charge in [0.1, 0.15) is 0 Å². The molecule has 0 saturated carbocycles. The van der Waals surface area contributed by atoms with Crippen LogP contribution in [0.15, 0.2) is 22.5 Å². The Morgan fingerprint density at radius 3 is 3.00 bits per heavy atom. The molecular weight excluding hydrogens is 340 g/mol. The van der Waals surface area contributed by atoms with E-state index in [-0.39, 0.29) is 20.1 Å². The Morgan fingerprint density at radius 1 is 1.55 bits per heavy atom. The maximum absolute atomic E-state index is 4.78. The van der Waals surface area contributed by atoms with E-state index in [1.165, 1.54) is 17.9 Å². The Bertz CT molecular complexity index is 260. The van der Waals surface area contributed by atoms with E-state index in [0.717, 1.165) is 11.3 Å². The Balaban J connectivity index is 0.000000605. The third kappa shape index (κ3) is 1.74. The first kappa shape index (κ1) is 8.58. The van der Waals surface area contributed by atoms with Crippen LogP contribution >= 0.6 is 11.5 Å². The van der Waals surface area contributed by atoms with Crippen molar-refractivity contribution in [2.24, 2.45) is 0 Å². The van der Waals surface area contributed by atoms with E-state index in [1.807, 2.05) is 5.38 Å². The van der Waals surface area contributed by atoms with Gasteiger partial charge in [0, 0.05) is 25.8 Å². The summed E-state index contributed by atoms with van der Waals surface area (Å²) in [6.45, 7) is 0. The zero-order chi connectivity index (χ0) is 6.81. The van der Waals surface area contributed by atoms with Crippen LogP contribution in [0.4, 0.5) is 0 Å². The van der Waals surface area contributed by atoms with Crippen LogP contribution in [0.1, 0.15) is 0 Å². The molecule has 0 bridgehead atoms. The van der Waals surface area contributed by atoms with E-state index in [9.17, 15) is 0 Å². The second kappa shape index (κ2) is 3.76. The molecule has 0 spiro atoms. The number of rotatable bonds is 1. The zero-order valence-corrected chi connectivity index (χ0v) is 8.49. The van der Waals surface area contributed by atoms with Gasteiger partial charge in [-0.25, -0.2) is 0 Å². The normalized spacial score (nSPS) is 9.09. The van der Waals surface area contributed by atoms with Gasteiger partial charge < -0.3 is 4.42 Å². The van der Waals surface area contributed by atoms with Crippen LogP contribution in [-0.2, 0) is 20.1 Å². The fourth-order valence-corrected chi connectivity index (χ4v) is 1.13. The number of aromatic nitrogens is 2. The van der Waals surface area contributed by atoms with Gasteiger partial charge in [-0.15, -0.1) is 17.1 Å². The van der Waals surface area contributed by atoms with Crippen LogP contribution < -0.4 is 0 Å². The Hall–Kier alpha value is -0.511. The van der Waals surface area contributed by atoms with Crippen molar-refractivity contribution in [3.05, 3.63) is 24.2 Å². The van der Waals surface area contributed by atoms with E-state index in [2.05, 4.69) is 15.6 Å². The van der Waals surface area contributed by atoms with Crippen molar-refractivity contribution in [3.63, 3.8) is 0 Å². The van der Waals surface area contributed by atoms with Gasteiger partial charge in [0.25, 0.3) is 0 Å². The van der Waals surface area contributed by atoms with Crippen molar-refractivity contribution in [3.8, 4) is 11.3 Å². The average Bonchev–Trinajstić information content (AvgIpc) is 2.59. The summed E-state index contributed by atoms with van der Waals surface area (Å²) in [6, 6.07) is 0. The number of hydrogen-bond acceptors (Lipinski definition) is 4. The van der Waals surface area contributed by atoms with Crippen LogP contribution in [0.5, 0.6) is 0 Å². The van der Waals surface area contributed by atoms with Crippen molar-refractivity contribution >= 4 is 11.5 Å². The molecule has 3 nitrogen and oxygen atoms in total. The first-order valence-corrected chi connectivity index (χ1v) is 3.51. The summed E-state index contributed by atoms with van der Waals surface area (Å²) < 4.78 is 8.60. The maximum Gasteiger partial charge on any atom is 0.167 e. The largest absolute Gasteiger partial charge is 0.465 e. The molecule has 0 aliphatic rings. The number of nitrogens with zero attached hydrogens (tertiary/aromatic N) is 2. The van der Waals surface area contributed by atoms with Crippen LogP contribution in [0, 0.1) is 6.20 Å². The molecule has 0 N–H and O–H groups in total. The monoisotopic (exact) mass is 344 g/mol. The third-order valence-electron chi connectivity index (χ3n) is 1.10. The van der Waals surface area contributed by atoms with Crippen LogP contribution in [0.2, 0.25) is 0 Å². The first-order chi connectivity index (χ1) is 4.97. The minimum absolute atomic E-state index is 0. The summed E-state index contributed by atoms with van der Waals surface area (Å²) in [5.41, 5.74) is 1.67. The Morgan fingerprint density at radius 2 is 2.45 bits per heavy atom. The van der Waals surface area contributed by atoms with Crippen LogP contribution in [-0.4, -0.2) is 9.36 Å². The molecule has 0 atom stereocenters. The molecule has 2 aromatic rings. The van der Waals surface area contributed by atoms with Gasteiger partial charge in [0.05, 0.1) is 6.26 Å². The van der Waals surface area contributed by atoms with Crippen molar-refractivity contribution in [2.75, 3.05) is 0 Å². The van der Waals surface area contributed by atoms with E-state index in [0.29, 0.717) is 0 Å². The second-order valence-electron chi connectivity index (χ2n) is 1.71. The molecule has 0 unspecified atom stereocenters. The van der Waals surface area contributed by atoms with Crippen molar-refractivity contribution in [2.45, 2.75) is 0 Å². The molecule has 2 heterocycles. The van der Waals surface area contributed by atoms with Crippen molar-refractivity contribution in [1.82, 2.24) is 9.36 Å². The summed E-state index contributed by atoms with van der Waals surface area (Å²) >= 11 is 1.35. The van der Waals surface area contributed by atoms with Gasteiger partial charge in [-0.2, -0.15) is 0 Å². The summed E-state index contributed by atoms with van der Waals surface area (Å²) in [6.07, 6.45) is 5.74. The molecular formula is C6H3IrN2OS-. The molecule has 59 valence electrons. The topological polar surface area (TPSA) is 38.9 Å². The van der Waals surface area contributed by atoms with Crippen molar-refractivity contribution in [1.29, 1.82) is 0 Å². The molecule has 0 aliphatic heterocycles. The number of hydrogen-bond donors (Lipinski definition) is 0. The SMILES string of the molecule is [Ir].[c-]1nscc1-c1cocn1. The van der Waals surface area contributed by atoms with Gasteiger partial charge >= 0.3 is 0 Å². The molecule has 0 saturated heterocycles. The molecule has 2 rings (SSSR count). The molecule has 0 amide bonds. The predicted molar refractivity (Wildman–Crippen MR) is 36.4 cm³/mol. The number of oxazole rings is 1. The molecule has 0 aliphatic carbocycles.